The average Bonchev–Trinajstić information content (AvgIpc) is 3.23. The van der Waals surface area contributed by atoms with E-state index in [9.17, 15) is 20.1 Å². The van der Waals surface area contributed by atoms with Crippen molar-refractivity contribution in [3.8, 4) is 0 Å². The van der Waals surface area contributed by atoms with E-state index in [1.807, 2.05) is 24.3 Å². The van der Waals surface area contributed by atoms with Crippen LogP contribution in [0.2, 0.25) is 0 Å². The molecule has 5 nitrogen and oxygen atoms in total. The van der Waals surface area contributed by atoms with E-state index in [-0.39, 0.29) is 53.1 Å². The smallest absolute Gasteiger partial charge is 0.545 e. The van der Waals surface area contributed by atoms with Crippen LogP contribution in [0.4, 0.5) is 0 Å². The fourth-order valence-electron chi connectivity index (χ4n) is 5.16. The Balaban J connectivity index is 0.00000256. The van der Waals surface area contributed by atoms with Gasteiger partial charge in [-0.3, -0.25) is 0 Å². The largest absolute Gasteiger partial charge is 1.00 e. The van der Waals surface area contributed by atoms with Crippen LogP contribution in [0.25, 0.3) is 6.08 Å². The van der Waals surface area contributed by atoms with Crippen molar-refractivity contribution >= 4 is 12.0 Å². The van der Waals surface area contributed by atoms with Crippen molar-refractivity contribution in [3.63, 3.8) is 0 Å². The van der Waals surface area contributed by atoms with Crippen molar-refractivity contribution in [2.45, 2.75) is 63.3 Å². The molecule has 5 unspecified atom stereocenters. The summed E-state index contributed by atoms with van der Waals surface area (Å²) in [7, 11) is 0. The molecule has 2 aliphatic carbocycles. The summed E-state index contributed by atoms with van der Waals surface area (Å²) in [5.74, 6) is 0.0997. The summed E-state index contributed by atoms with van der Waals surface area (Å²) in [6.45, 7) is 0. The quantitative estimate of drug-likeness (QED) is 0.503. The normalized spacial score (nSPS) is 31.3. The van der Waals surface area contributed by atoms with Crippen LogP contribution < -0.4 is 34.7 Å². The Morgan fingerprint density at radius 3 is 2.73 bits per heavy atom. The van der Waals surface area contributed by atoms with Gasteiger partial charge < -0.3 is 24.9 Å². The molecular formula is C24H29NaO5. The number of carboxylic acid groups (broad SMARTS) is 1. The Kier molecular flexibility index (Phi) is 8.22. The van der Waals surface area contributed by atoms with Gasteiger partial charge in [0.2, 0.25) is 0 Å². The number of hydrogen-bond donors (Lipinski definition) is 2. The Morgan fingerprint density at radius 1 is 1.23 bits per heavy atom. The zero-order valence-electron chi connectivity index (χ0n) is 17.6. The molecule has 0 amide bonds. The summed E-state index contributed by atoms with van der Waals surface area (Å²) < 4.78 is 6.06. The number of benzene rings is 1. The van der Waals surface area contributed by atoms with Crippen LogP contribution in [0.1, 0.15) is 60.9 Å². The third kappa shape index (κ3) is 5.38. The van der Waals surface area contributed by atoms with Gasteiger partial charge in [-0.1, -0.05) is 49.6 Å². The van der Waals surface area contributed by atoms with Gasteiger partial charge in [0.05, 0.1) is 23.9 Å². The molecule has 4 rings (SSSR count). The molecule has 2 saturated carbocycles. The molecule has 156 valence electrons. The first-order chi connectivity index (χ1) is 14.0. The zero-order chi connectivity index (χ0) is 20.4. The number of aliphatic hydroxyl groups is 2. The Bertz CT molecular complexity index is 799. The van der Waals surface area contributed by atoms with Gasteiger partial charge in [0, 0.05) is 24.7 Å². The van der Waals surface area contributed by atoms with Crippen molar-refractivity contribution in [2.24, 2.45) is 17.8 Å². The minimum absolute atomic E-state index is 0. The molecule has 5 atom stereocenters. The predicted molar refractivity (Wildman–Crippen MR) is 108 cm³/mol. The second-order valence-corrected chi connectivity index (χ2v) is 8.70. The van der Waals surface area contributed by atoms with Gasteiger partial charge >= 0.3 is 29.6 Å². The van der Waals surface area contributed by atoms with Crippen LogP contribution in [-0.2, 0) is 4.74 Å². The van der Waals surface area contributed by atoms with Crippen molar-refractivity contribution in [1.82, 2.24) is 0 Å². The third-order valence-corrected chi connectivity index (χ3v) is 6.74. The molecule has 1 aromatic carbocycles. The van der Waals surface area contributed by atoms with Crippen LogP contribution in [0.5, 0.6) is 0 Å². The van der Waals surface area contributed by atoms with Crippen molar-refractivity contribution in [1.29, 1.82) is 0 Å². The number of aliphatic hydroxyl groups excluding tert-OH is 2. The maximum Gasteiger partial charge on any atom is 1.00 e. The summed E-state index contributed by atoms with van der Waals surface area (Å²) >= 11 is 0. The molecule has 6 heteroatoms. The first-order valence-corrected chi connectivity index (χ1v) is 10.7. The predicted octanol–water partition coefficient (Wildman–Crippen LogP) is -0.322. The number of allylic oxidation sites excluding steroid dienone is 1. The monoisotopic (exact) mass is 420 g/mol. The Labute approximate surface area is 200 Å². The van der Waals surface area contributed by atoms with E-state index in [1.165, 1.54) is 25.3 Å². The van der Waals surface area contributed by atoms with Gasteiger partial charge in [-0.15, -0.1) is 0 Å². The molecule has 2 N–H and O–H groups in total. The van der Waals surface area contributed by atoms with E-state index in [0.29, 0.717) is 18.8 Å². The number of carbonyl (C=O) groups excluding carboxylic acids is 1. The van der Waals surface area contributed by atoms with Gasteiger partial charge in [0.1, 0.15) is 6.10 Å². The fourth-order valence-corrected chi connectivity index (χ4v) is 5.16. The molecule has 3 aliphatic rings. The molecule has 3 fully saturated rings. The van der Waals surface area contributed by atoms with E-state index < -0.39 is 18.2 Å². The number of aromatic carboxylic acids is 1. The molecule has 0 spiro atoms. The van der Waals surface area contributed by atoms with E-state index in [1.54, 1.807) is 12.1 Å². The number of fused-ring (bicyclic) bond motifs is 1. The van der Waals surface area contributed by atoms with Gasteiger partial charge in [-0.25, -0.2) is 0 Å². The minimum Gasteiger partial charge on any atom is -0.545 e. The Morgan fingerprint density at radius 2 is 2.00 bits per heavy atom. The number of carbonyl (C=O) groups is 1. The van der Waals surface area contributed by atoms with Gasteiger partial charge in [-0.05, 0) is 42.0 Å². The molecule has 0 aromatic heterocycles. The van der Waals surface area contributed by atoms with E-state index in [4.69, 9.17) is 4.74 Å². The van der Waals surface area contributed by atoms with Gasteiger partial charge in [0.15, 0.2) is 0 Å². The number of hydrogen-bond acceptors (Lipinski definition) is 5. The topological polar surface area (TPSA) is 89.8 Å². The maximum absolute atomic E-state index is 11.1. The van der Waals surface area contributed by atoms with Gasteiger partial charge in [0.25, 0.3) is 0 Å². The number of rotatable bonds is 5. The second kappa shape index (κ2) is 10.5. The van der Waals surface area contributed by atoms with E-state index in [0.717, 1.165) is 24.2 Å². The Hall–Kier alpha value is -1.11. The van der Waals surface area contributed by atoms with E-state index >= 15 is 0 Å². The van der Waals surface area contributed by atoms with Crippen LogP contribution >= 0.6 is 0 Å². The molecule has 1 heterocycles. The summed E-state index contributed by atoms with van der Waals surface area (Å²) in [6, 6.07) is 6.61. The molecule has 0 radical (unpaired) electrons. The van der Waals surface area contributed by atoms with Crippen molar-refractivity contribution in [2.75, 3.05) is 0 Å². The van der Waals surface area contributed by atoms with Crippen LogP contribution in [0, 0.1) is 17.8 Å². The van der Waals surface area contributed by atoms with Crippen LogP contribution in [-0.4, -0.2) is 34.5 Å². The van der Waals surface area contributed by atoms with Crippen molar-refractivity contribution in [3.05, 3.63) is 53.3 Å². The van der Waals surface area contributed by atoms with E-state index in [2.05, 4.69) is 0 Å². The molecule has 1 aromatic rings. The number of ether oxygens (including phenoxy) is 1. The molecule has 1 saturated heterocycles. The first-order valence-electron chi connectivity index (χ1n) is 10.7. The standard InChI is InChI=1S/C24H30O5.Na/c25-21(16-6-2-1-3-7-16)10-9-19-20-13-18(29-23(20)14-22(19)26)12-15-5-4-8-17(11-15)24(27)28;/h4-5,8-12,16,19-23,25-26H,1-3,6-7,13-14H2,(H,27,28);/q;+1/p-1. The fraction of sp³-hybridized carbons (Fsp3) is 0.542. The third-order valence-electron chi connectivity index (χ3n) is 6.74. The second-order valence-electron chi connectivity index (χ2n) is 8.70. The van der Waals surface area contributed by atoms with Crippen LogP contribution in [0.3, 0.4) is 0 Å². The SMILES string of the molecule is O=C([O-])c1cccc(C=C2CC3C(CC(O)C3C=CC(O)C3CCCCC3)O2)c1.[Na+]. The summed E-state index contributed by atoms with van der Waals surface area (Å²) in [5.41, 5.74) is 0.910. The average molecular weight is 420 g/mol. The summed E-state index contributed by atoms with van der Waals surface area (Å²) in [6.07, 6.45) is 11.9. The van der Waals surface area contributed by atoms with Crippen LogP contribution in [0.15, 0.2) is 42.2 Å². The zero-order valence-corrected chi connectivity index (χ0v) is 19.6. The molecule has 1 aliphatic heterocycles. The molecule has 30 heavy (non-hydrogen) atoms. The summed E-state index contributed by atoms with van der Waals surface area (Å²) in [4.78, 5) is 11.1. The number of carboxylic acids is 1. The minimum atomic E-state index is -1.20. The summed E-state index contributed by atoms with van der Waals surface area (Å²) in [5, 5.41) is 32.1. The molecule has 0 bridgehead atoms. The maximum atomic E-state index is 11.1. The first kappa shape index (κ1) is 23.6. The van der Waals surface area contributed by atoms with Gasteiger partial charge in [-0.2, -0.15) is 0 Å². The molecular weight excluding hydrogens is 391 g/mol. The van der Waals surface area contributed by atoms with Crippen molar-refractivity contribution < 1.29 is 54.4 Å².